The van der Waals surface area contributed by atoms with Crippen molar-refractivity contribution < 1.29 is 22.7 Å². The standard InChI is InChI=1S/C21H24ClF3N4O2/c1-3-31-18-7-5-4-6-17(18)27-20(30)14(2)28-8-10-29(11-9-28)19-16(22)12-15(13-26-19)21(23,24)25/h4-7,12-14H,3,8-11H2,1-2H3,(H,27,30)/t14-/m1/s1. The summed E-state index contributed by atoms with van der Waals surface area (Å²) in [5.41, 5.74) is -0.266. The maximum Gasteiger partial charge on any atom is 0.417 e. The van der Waals surface area contributed by atoms with Crippen LogP contribution in [0.25, 0.3) is 0 Å². The van der Waals surface area contributed by atoms with Crippen molar-refractivity contribution in [2.24, 2.45) is 0 Å². The number of pyridine rings is 1. The van der Waals surface area contributed by atoms with Gasteiger partial charge in [-0.3, -0.25) is 9.69 Å². The van der Waals surface area contributed by atoms with Gasteiger partial charge in [-0.25, -0.2) is 4.98 Å². The molecule has 1 fully saturated rings. The molecule has 2 aromatic rings. The van der Waals surface area contributed by atoms with Crippen LogP contribution in [0.1, 0.15) is 19.4 Å². The van der Waals surface area contributed by atoms with Crippen LogP contribution in [0.2, 0.25) is 5.02 Å². The molecule has 1 saturated heterocycles. The van der Waals surface area contributed by atoms with Crippen LogP contribution in [0, 0.1) is 0 Å². The molecular weight excluding hydrogens is 433 g/mol. The molecule has 1 aliphatic heterocycles. The number of alkyl halides is 3. The van der Waals surface area contributed by atoms with E-state index >= 15 is 0 Å². The molecule has 31 heavy (non-hydrogen) atoms. The van der Waals surface area contributed by atoms with Crippen molar-refractivity contribution in [2.75, 3.05) is 43.0 Å². The fourth-order valence-corrected chi connectivity index (χ4v) is 3.68. The molecule has 168 valence electrons. The largest absolute Gasteiger partial charge is 0.492 e. The molecular formula is C21H24ClF3N4O2. The summed E-state index contributed by atoms with van der Waals surface area (Å²) >= 11 is 6.06. The molecule has 1 atom stereocenters. The molecule has 1 aromatic carbocycles. The molecule has 3 rings (SSSR count). The molecule has 0 radical (unpaired) electrons. The Kier molecular flexibility index (Phi) is 7.27. The van der Waals surface area contributed by atoms with Gasteiger partial charge in [0.05, 0.1) is 28.9 Å². The number of anilines is 2. The third-order valence-corrected chi connectivity index (χ3v) is 5.41. The summed E-state index contributed by atoms with van der Waals surface area (Å²) in [6, 6.07) is 7.73. The number of aromatic nitrogens is 1. The number of amides is 1. The number of rotatable bonds is 6. The van der Waals surface area contributed by atoms with E-state index in [1.54, 1.807) is 12.1 Å². The quantitative estimate of drug-likeness (QED) is 0.702. The molecule has 1 N–H and O–H groups in total. The highest BCUT2D eigenvalue weighted by Gasteiger charge is 2.33. The highest BCUT2D eigenvalue weighted by atomic mass is 35.5. The summed E-state index contributed by atoms with van der Waals surface area (Å²) in [6.07, 6.45) is -3.70. The lowest BCUT2D eigenvalue weighted by Gasteiger charge is -2.38. The number of benzene rings is 1. The first-order chi connectivity index (χ1) is 14.7. The van der Waals surface area contributed by atoms with Crippen LogP contribution in [-0.2, 0) is 11.0 Å². The van der Waals surface area contributed by atoms with Crippen LogP contribution < -0.4 is 15.0 Å². The Hall–Kier alpha value is -2.52. The maximum atomic E-state index is 12.8. The zero-order chi connectivity index (χ0) is 22.6. The SMILES string of the molecule is CCOc1ccccc1NC(=O)[C@@H](C)N1CCN(c2ncc(C(F)(F)F)cc2Cl)CC1. The first-order valence-electron chi connectivity index (χ1n) is 9.95. The second-order valence-corrected chi connectivity index (χ2v) is 7.55. The predicted octanol–water partition coefficient (Wildman–Crippen LogP) is 4.30. The molecule has 1 aromatic heterocycles. The number of carbonyl (C=O) groups excluding carboxylic acids is 1. The van der Waals surface area contributed by atoms with Crippen molar-refractivity contribution in [3.05, 3.63) is 47.1 Å². The number of halogens is 4. The van der Waals surface area contributed by atoms with Gasteiger partial charge in [-0.2, -0.15) is 13.2 Å². The molecule has 0 spiro atoms. The minimum absolute atomic E-state index is 0.0402. The molecule has 1 aliphatic rings. The Morgan fingerprint density at radius 3 is 2.55 bits per heavy atom. The molecule has 0 bridgehead atoms. The number of para-hydroxylation sites is 2. The van der Waals surface area contributed by atoms with Gasteiger partial charge in [0, 0.05) is 32.4 Å². The van der Waals surface area contributed by atoms with Crippen LogP contribution >= 0.6 is 11.6 Å². The van der Waals surface area contributed by atoms with Gasteiger partial charge in [-0.15, -0.1) is 0 Å². The first kappa shape index (κ1) is 23.1. The highest BCUT2D eigenvalue weighted by Crippen LogP contribution is 2.34. The number of piperazine rings is 1. The van der Waals surface area contributed by atoms with E-state index in [0.29, 0.717) is 50.0 Å². The summed E-state index contributed by atoms with van der Waals surface area (Å²) in [6.45, 7) is 6.25. The van der Waals surface area contributed by atoms with Gasteiger partial charge in [0.25, 0.3) is 0 Å². The molecule has 10 heteroatoms. The smallest absolute Gasteiger partial charge is 0.417 e. The van der Waals surface area contributed by atoms with E-state index in [0.717, 1.165) is 12.3 Å². The topological polar surface area (TPSA) is 57.7 Å². The monoisotopic (exact) mass is 456 g/mol. The molecule has 0 unspecified atom stereocenters. The van der Waals surface area contributed by atoms with Crippen molar-refractivity contribution >= 4 is 29.0 Å². The Bertz CT molecular complexity index is 918. The van der Waals surface area contributed by atoms with Gasteiger partial charge in [0.15, 0.2) is 0 Å². The number of nitrogens with one attached hydrogen (secondary N) is 1. The van der Waals surface area contributed by atoms with E-state index < -0.39 is 17.8 Å². The van der Waals surface area contributed by atoms with Gasteiger partial charge >= 0.3 is 6.18 Å². The summed E-state index contributed by atoms with van der Waals surface area (Å²) in [7, 11) is 0. The van der Waals surface area contributed by atoms with Gasteiger partial charge in [-0.05, 0) is 32.0 Å². The lowest BCUT2D eigenvalue weighted by molar-refractivity contribution is -0.137. The second-order valence-electron chi connectivity index (χ2n) is 7.14. The van der Waals surface area contributed by atoms with Crippen molar-refractivity contribution in [1.82, 2.24) is 9.88 Å². The second kappa shape index (κ2) is 9.74. The predicted molar refractivity (Wildman–Crippen MR) is 114 cm³/mol. The summed E-state index contributed by atoms with van der Waals surface area (Å²) < 4.78 is 44.0. The maximum absolute atomic E-state index is 12.8. The van der Waals surface area contributed by atoms with E-state index in [9.17, 15) is 18.0 Å². The Morgan fingerprint density at radius 2 is 1.94 bits per heavy atom. The van der Waals surface area contributed by atoms with E-state index in [2.05, 4.69) is 10.3 Å². The van der Waals surface area contributed by atoms with Crippen LogP contribution in [-0.4, -0.2) is 54.6 Å². The zero-order valence-corrected chi connectivity index (χ0v) is 18.0. The number of nitrogens with zero attached hydrogens (tertiary/aromatic N) is 3. The number of hydrogen-bond acceptors (Lipinski definition) is 5. The normalized spacial score (nSPS) is 16.1. The molecule has 1 amide bonds. The third-order valence-electron chi connectivity index (χ3n) is 5.13. The Balaban J connectivity index is 1.60. The zero-order valence-electron chi connectivity index (χ0n) is 17.2. The van der Waals surface area contributed by atoms with Crippen LogP contribution in [0.5, 0.6) is 5.75 Å². The van der Waals surface area contributed by atoms with Crippen LogP contribution in [0.4, 0.5) is 24.7 Å². The number of hydrogen-bond donors (Lipinski definition) is 1. The van der Waals surface area contributed by atoms with Crippen molar-refractivity contribution in [3.63, 3.8) is 0 Å². The fraction of sp³-hybridized carbons (Fsp3) is 0.429. The van der Waals surface area contributed by atoms with Crippen molar-refractivity contribution in [2.45, 2.75) is 26.1 Å². The van der Waals surface area contributed by atoms with E-state index in [1.807, 2.05) is 35.8 Å². The summed E-state index contributed by atoms with van der Waals surface area (Å²) in [4.78, 5) is 20.5. The van der Waals surface area contributed by atoms with E-state index in [1.165, 1.54) is 0 Å². The average molecular weight is 457 g/mol. The third kappa shape index (κ3) is 5.59. The Labute approximate surface area is 183 Å². The fourth-order valence-electron chi connectivity index (χ4n) is 3.39. The van der Waals surface area contributed by atoms with Crippen LogP contribution in [0.3, 0.4) is 0 Å². The highest BCUT2D eigenvalue weighted by molar-refractivity contribution is 6.33. The number of carbonyl (C=O) groups is 1. The summed E-state index contributed by atoms with van der Waals surface area (Å²) in [5.74, 6) is 0.766. The van der Waals surface area contributed by atoms with Crippen molar-refractivity contribution in [3.8, 4) is 5.75 Å². The van der Waals surface area contributed by atoms with Crippen LogP contribution in [0.15, 0.2) is 36.5 Å². The van der Waals surface area contributed by atoms with E-state index in [4.69, 9.17) is 16.3 Å². The minimum atomic E-state index is -4.49. The molecule has 0 saturated carbocycles. The van der Waals surface area contributed by atoms with Gasteiger partial charge in [-0.1, -0.05) is 23.7 Å². The first-order valence-corrected chi connectivity index (χ1v) is 10.3. The molecule has 0 aliphatic carbocycles. The van der Waals surface area contributed by atoms with Gasteiger partial charge in [0.2, 0.25) is 5.91 Å². The lowest BCUT2D eigenvalue weighted by Crippen LogP contribution is -2.53. The van der Waals surface area contributed by atoms with Crippen molar-refractivity contribution in [1.29, 1.82) is 0 Å². The lowest BCUT2D eigenvalue weighted by atomic mass is 10.2. The summed E-state index contributed by atoms with van der Waals surface area (Å²) in [5, 5.41) is 2.87. The average Bonchev–Trinajstić information content (AvgIpc) is 2.74. The van der Waals surface area contributed by atoms with Gasteiger partial charge < -0.3 is 15.0 Å². The molecule has 6 nitrogen and oxygen atoms in total. The van der Waals surface area contributed by atoms with Gasteiger partial charge in [0.1, 0.15) is 11.6 Å². The molecule has 2 heterocycles. The minimum Gasteiger partial charge on any atom is -0.492 e. The Morgan fingerprint density at radius 1 is 1.26 bits per heavy atom. The number of ether oxygens (including phenoxy) is 1. The van der Waals surface area contributed by atoms with E-state index in [-0.39, 0.29) is 10.9 Å².